The standard InChI is InChI=1S/C12H11ClF3NO3S/c13-9-3-8(12(14,15)16)1-2-10(9)21(20)6-7-4-17(5-7)11(18)19/h1-3,7H,4-6H2,(H,18,19). The Bertz CT molecular complexity index is 588. The van der Waals surface area contributed by atoms with Gasteiger partial charge in [-0.05, 0) is 18.2 Å². The average molecular weight is 342 g/mol. The van der Waals surface area contributed by atoms with E-state index in [-0.39, 0.29) is 34.7 Å². The molecule has 4 nitrogen and oxygen atoms in total. The summed E-state index contributed by atoms with van der Waals surface area (Å²) in [5, 5.41) is 8.48. The molecule has 1 aromatic carbocycles. The molecule has 1 N–H and O–H groups in total. The number of hydrogen-bond donors (Lipinski definition) is 1. The van der Waals surface area contributed by atoms with Gasteiger partial charge in [0.2, 0.25) is 0 Å². The van der Waals surface area contributed by atoms with Crippen molar-refractivity contribution in [2.45, 2.75) is 11.1 Å². The minimum Gasteiger partial charge on any atom is -0.465 e. The molecular formula is C12H11ClF3NO3S. The van der Waals surface area contributed by atoms with Crippen LogP contribution in [0.2, 0.25) is 5.02 Å². The fourth-order valence-corrected chi connectivity index (χ4v) is 3.75. The Morgan fingerprint density at radius 3 is 2.52 bits per heavy atom. The van der Waals surface area contributed by atoms with Crippen molar-refractivity contribution in [1.82, 2.24) is 4.90 Å². The topological polar surface area (TPSA) is 57.6 Å². The predicted molar refractivity (Wildman–Crippen MR) is 70.8 cm³/mol. The second-order valence-electron chi connectivity index (χ2n) is 4.71. The van der Waals surface area contributed by atoms with Gasteiger partial charge in [0.05, 0.1) is 26.3 Å². The van der Waals surface area contributed by atoms with Gasteiger partial charge in [-0.15, -0.1) is 0 Å². The van der Waals surface area contributed by atoms with E-state index in [9.17, 15) is 22.2 Å². The molecule has 1 aliphatic rings. The Balaban J connectivity index is 2.02. The molecule has 0 bridgehead atoms. The van der Waals surface area contributed by atoms with Crippen molar-refractivity contribution in [2.75, 3.05) is 18.8 Å². The lowest BCUT2D eigenvalue weighted by molar-refractivity contribution is -0.137. The molecule has 1 heterocycles. The zero-order valence-electron chi connectivity index (χ0n) is 10.6. The van der Waals surface area contributed by atoms with Crippen LogP contribution in [0, 0.1) is 5.92 Å². The van der Waals surface area contributed by atoms with Crippen LogP contribution < -0.4 is 0 Å². The van der Waals surface area contributed by atoms with Crippen LogP contribution in [0.25, 0.3) is 0 Å². The van der Waals surface area contributed by atoms with Gasteiger partial charge in [0.25, 0.3) is 0 Å². The van der Waals surface area contributed by atoms with Gasteiger partial charge in [-0.1, -0.05) is 11.6 Å². The van der Waals surface area contributed by atoms with Crippen molar-refractivity contribution in [1.29, 1.82) is 0 Å². The van der Waals surface area contributed by atoms with E-state index >= 15 is 0 Å². The molecule has 0 radical (unpaired) electrons. The van der Waals surface area contributed by atoms with Crippen molar-refractivity contribution in [3.05, 3.63) is 28.8 Å². The summed E-state index contributed by atoms with van der Waals surface area (Å²) in [7, 11) is -1.56. The number of hydrogen-bond acceptors (Lipinski definition) is 2. The minimum atomic E-state index is -4.50. The lowest BCUT2D eigenvalue weighted by Gasteiger charge is -2.36. The number of halogens is 4. The fraction of sp³-hybridized carbons (Fsp3) is 0.417. The van der Waals surface area contributed by atoms with Gasteiger partial charge in [-0.3, -0.25) is 4.21 Å². The molecule has 0 saturated carbocycles. The van der Waals surface area contributed by atoms with Crippen molar-refractivity contribution in [3.8, 4) is 0 Å². The lowest BCUT2D eigenvalue weighted by Crippen LogP contribution is -2.51. The molecule has 116 valence electrons. The molecule has 1 aliphatic heterocycles. The van der Waals surface area contributed by atoms with Gasteiger partial charge in [-0.25, -0.2) is 4.79 Å². The highest BCUT2D eigenvalue weighted by molar-refractivity contribution is 7.85. The molecule has 1 atom stereocenters. The third-order valence-corrected chi connectivity index (χ3v) is 5.16. The van der Waals surface area contributed by atoms with Crippen molar-refractivity contribution in [3.63, 3.8) is 0 Å². The third kappa shape index (κ3) is 3.68. The summed E-state index contributed by atoms with van der Waals surface area (Å²) in [4.78, 5) is 11.9. The number of benzene rings is 1. The van der Waals surface area contributed by atoms with Crippen LogP contribution in [0.1, 0.15) is 5.56 Å². The van der Waals surface area contributed by atoms with Crippen LogP contribution in [-0.2, 0) is 17.0 Å². The molecule has 1 aromatic rings. The number of amides is 1. The molecule has 0 aromatic heterocycles. The number of rotatable bonds is 3. The number of nitrogens with zero attached hydrogens (tertiary/aromatic N) is 1. The molecule has 1 fully saturated rings. The zero-order valence-corrected chi connectivity index (χ0v) is 12.1. The maximum Gasteiger partial charge on any atom is 0.416 e. The Kier molecular flexibility index (Phi) is 4.48. The maximum atomic E-state index is 12.5. The molecule has 1 amide bonds. The van der Waals surface area contributed by atoms with Gasteiger partial charge < -0.3 is 10.0 Å². The monoisotopic (exact) mass is 341 g/mol. The average Bonchev–Trinajstić information content (AvgIpc) is 2.31. The second kappa shape index (κ2) is 5.84. The highest BCUT2D eigenvalue weighted by atomic mass is 35.5. The normalized spacial score (nSPS) is 17.4. The molecule has 1 unspecified atom stereocenters. The van der Waals surface area contributed by atoms with Gasteiger partial charge in [0.1, 0.15) is 0 Å². The Morgan fingerprint density at radius 2 is 2.05 bits per heavy atom. The summed E-state index contributed by atoms with van der Waals surface area (Å²) in [6.07, 6.45) is -5.54. The van der Waals surface area contributed by atoms with Crippen molar-refractivity contribution < 1.29 is 27.3 Å². The quantitative estimate of drug-likeness (QED) is 0.919. The van der Waals surface area contributed by atoms with E-state index in [2.05, 4.69) is 0 Å². The van der Waals surface area contributed by atoms with Gasteiger partial charge in [0, 0.05) is 24.8 Å². The first-order valence-corrected chi connectivity index (χ1v) is 7.61. The van der Waals surface area contributed by atoms with E-state index in [1.165, 1.54) is 4.90 Å². The maximum absolute atomic E-state index is 12.5. The highest BCUT2D eigenvalue weighted by Crippen LogP contribution is 2.33. The van der Waals surface area contributed by atoms with Crippen molar-refractivity contribution >= 4 is 28.5 Å². The predicted octanol–water partition coefficient (Wildman–Crippen LogP) is 3.08. The smallest absolute Gasteiger partial charge is 0.416 e. The van der Waals surface area contributed by atoms with Crippen LogP contribution >= 0.6 is 11.6 Å². The van der Waals surface area contributed by atoms with Crippen LogP contribution in [-0.4, -0.2) is 39.2 Å². The first-order valence-electron chi connectivity index (χ1n) is 5.91. The summed E-state index contributed by atoms with van der Waals surface area (Å²) >= 11 is 5.76. The Labute approximate surface area is 126 Å². The Hall–Kier alpha value is -1.28. The van der Waals surface area contributed by atoms with Gasteiger partial charge in [0.15, 0.2) is 0 Å². The largest absolute Gasteiger partial charge is 0.465 e. The molecule has 21 heavy (non-hydrogen) atoms. The summed E-state index contributed by atoms with van der Waals surface area (Å²) < 4.78 is 49.6. The number of carbonyl (C=O) groups is 1. The molecular weight excluding hydrogens is 331 g/mol. The summed E-state index contributed by atoms with van der Waals surface area (Å²) in [5.41, 5.74) is -0.894. The van der Waals surface area contributed by atoms with Crippen molar-refractivity contribution in [2.24, 2.45) is 5.92 Å². The molecule has 9 heteroatoms. The van der Waals surface area contributed by atoms with Gasteiger partial charge in [-0.2, -0.15) is 13.2 Å². The molecule has 0 spiro atoms. The minimum absolute atomic E-state index is 0.0692. The van der Waals surface area contributed by atoms with E-state index < -0.39 is 28.6 Å². The van der Waals surface area contributed by atoms with E-state index in [4.69, 9.17) is 16.7 Å². The summed E-state index contributed by atoms with van der Waals surface area (Å²) in [5.74, 6) is 0.106. The number of alkyl halides is 3. The van der Waals surface area contributed by atoms with Crippen LogP contribution in [0.3, 0.4) is 0 Å². The number of likely N-dealkylation sites (tertiary alicyclic amines) is 1. The van der Waals surface area contributed by atoms with Crippen LogP contribution in [0.4, 0.5) is 18.0 Å². The lowest BCUT2D eigenvalue weighted by atomic mass is 10.0. The number of carboxylic acid groups (broad SMARTS) is 1. The molecule has 0 aliphatic carbocycles. The SMILES string of the molecule is O=C(O)N1CC(CS(=O)c2ccc(C(F)(F)F)cc2Cl)C1. The Morgan fingerprint density at radius 1 is 1.43 bits per heavy atom. The van der Waals surface area contributed by atoms with Crippen LogP contribution in [0.15, 0.2) is 23.1 Å². The van der Waals surface area contributed by atoms with E-state index in [1.807, 2.05) is 0 Å². The molecule has 2 rings (SSSR count). The van der Waals surface area contributed by atoms with Gasteiger partial charge >= 0.3 is 12.3 Å². The first kappa shape index (κ1) is 16.1. The zero-order chi connectivity index (χ0) is 15.8. The highest BCUT2D eigenvalue weighted by Gasteiger charge is 2.33. The fourth-order valence-electron chi connectivity index (χ4n) is 2.00. The van der Waals surface area contributed by atoms with E-state index in [1.54, 1.807) is 0 Å². The van der Waals surface area contributed by atoms with E-state index in [0.29, 0.717) is 0 Å². The molecule has 1 saturated heterocycles. The first-order chi connectivity index (χ1) is 9.68. The second-order valence-corrected chi connectivity index (χ2v) is 6.58. The summed E-state index contributed by atoms with van der Waals surface area (Å²) in [6, 6.07) is 2.69. The summed E-state index contributed by atoms with van der Waals surface area (Å²) in [6.45, 7) is 0.554. The third-order valence-electron chi connectivity index (χ3n) is 3.12. The van der Waals surface area contributed by atoms with Crippen LogP contribution in [0.5, 0.6) is 0 Å². The van der Waals surface area contributed by atoms with E-state index in [0.717, 1.165) is 18.2 Å².